The summed E-state index contributed by atoms with van der Waals surface area (Å²) in [7, 11) is 2.08. The lowest BCUT2D eigenvalue weighted by atomic mass is 9.72. The minimum Gasteiger partial charge on any atom is -0.353 e. The van der Waals surface area contributed by atoms with Gasteiger partial charge in [-0.05, 0) is 70.3 Å². The molecule has 0 aromatic heterocycles. The van der Waals surface area contributed by atoms with Gasteiger partial charge in [0.05, 0.1) is 5.41 Å². The number of nitrogens with one attached hydrogen (secondary N) is 1. The van der Waals surface area contributed by atoms with Crippen molar-refractivity contribution in [2.45, 2.75) is 44.6 Å². The molecule has 1 aromatic rings. The van der Waals surface area contributed by atoms with Gasteiger partial charge in [-0.15, -0.1) is 0 Å². The summed E-state index contributed by atoms with van der Waals surface area (Å²) in [4.78, 5) is 15.1. The summed E-state index contributed by atoms with van der Waals surface area (Å²) < 4.78 is 14.1. The highest BCUT2D eigenvalue weighted by Crippen LogP contribution is 2.36. The maximum atomic E-state index is 14.1. The average molecular weight is 304 g/mol. The van der Waals surface area contributed by atoms with Crippen LogP contribution in [-0.4, -0.2) is 37.0 Å². The van der Waals surface area contributed by atoms with E-state index in [1.807, 2.05) is 12.1 Å². The zero-order valence-electron chi connectivity index (χ0n) is 13.3. The van der Waals surface area contributed by atoms with Crippen LogP contribution in [0.25, 0.3) is 0 Å². The summed E-state index contributed by atoms with van der Waals surface area (Å²) in [6, 6.07) is 7.19. The molecule has 120 valence electrons. The molecular weight excluding hydrogens is 279 g/mol. The number of amides is 1. The molecule has 0 bridgehead atoms. The second-order valence-corrected chi connectivity index (χ2v) is 6.95. The Morgan fingerprint density at radius 2 is 2.00 bits per heavy atom. The maximum absolute atomic E-state index is 14.1. The summed E-state index contributed by atoms with van der Waals surface area (Å²) >= 11 is 0. The van der Waals surface area contributed by atoms with Crippen LogP contribution in [0.2, 0.25) is 0 Å². The number of hydrogen-bond acceptors (Lipinski definition) is 2. The van der Waals surface area contributed by atoms with Crippen LogP contribution < -0.4 is 5.32 Å². The average Bonchev–Trinajstić information content (AvgIpc) is 2.47. The third-order valence-electron chi connectivity index (χ3n) is 5.35. The Labute approximate surface area is 131 Å². The summed E-state index contributed by atoms with van der Waals surface area (Å²) in [5.74, 6) is -0.0641. The van der Waals surface area contributed by atoms with E-state index in [2.05, 4.69) is 17.3 Å². The van der Waals surface area contributed by atoms with Crippen molar-refractivity contribution in [2.75, 3.05) is 20.1 Å². The fourth-order valence-electron chi connectivity index (χ4n) is 3.43. The maximum Gasteiger partial charge on any atom is 0.226 e. The molecule has 0 radical (unpaired) electrons. The smallest absolute Gasteiger partial charge is 0.226 e. The van der Waals surface area contributed by atoms with Crippen molar-refractivity contribution in [3.05, 3.63) is 35.6 Å². The molecule has 1 aliphatic carbocycles. The highest BCUT2D eigenvalue weighted by molar-refractivity contribution is 5.83. The van der Waals surface area contributed by atoms with Gasteiger partial charge in [0.15, 0.2) is 0 Å². The van der Waals surface area contributed by atoms with Gasteiger partial charge < -0.3 is 10.2 Å². The van der Waals surface area contributed by atoms with Crippen LogP contribution in [0.3, 0.4) is 0 Å². The summed E-state index contributed by atoms with van der Waals surface area (Å²) in [6.07, 6.45) is 5.48. The fourth-order valence-corrected chi connectivity index (χ4v) is 3.43. The van der Waals surface area contributed by atoms with Crippen LogP contribution in [0.5, 0.6) is 0 Å². The van der Waals surface area contributed by atoms with Crippen LogP contribution in [0.1, 0.15) is 37.7 Å². The Morgan fingerprint density at radius 1 is 1.32 bits per heavy atom. The van der Waals surface area contributed by atoms with Crippen molar-refractivity contribution in [3.8, 4) is 0 Å². The van der Waals surface area contributed by atoms with E-state index in [9.17, 15) is 9.18 Å². The van der Waals surface area contributed by atoms with Gasteiger partial charge in [-0.1, -0.05) is 18.2 Å². The molecule has 22 heavy (non-hydrogen) atoms. The molecule has 0 unspecified atom stereocenters. The van der Waals surface area contributed by atoms with Gasteiger partial charge in [0.25, 0.3) is 0 Å². The Hall–Kier alpha value is -1.42. The molecule has 1 saturated heterocycles. The first kappa shape index (κ1) is 15.5. The first-order valence-corrected chi connectivity index (χ1v) is 8.32. The Bertz CT molecular complexity index is 534. The molecule has 1 aromatic carbocycles. The van der Waals surface area contributed by atoms with Gasteiger partial charge in [0.1, 0.15) is 5.82 Å². The minimum absolute atomic E-state index is 0.133. The molecule has 1 aliphatic heterocycles. The number of carbonyl (C=O) groups excluding carboxylic acids is 1. The van der Waals surface area contributed by atoms with Crippen LogP contribution in [-0.2, 0) is 11.2 Å². The zero-order valence-corrected chi connectivity index (χ0v) is 13.3. The normalized spacial score (nSPS) is 22.1. The van der Waals surface area contributed by atoms with Crippen LogP contribution in [0.15, 0.2) is 24.3 Å². The van der Waals surface area contributed by atoms with Crippen molar-refractivity contribution >= 4 is 5.91 Å². The van der Waals surface area contributed by atoms with Crippen LogP contribution in [0.4, 0.5) is 4.39 Å². The largest absolute Gasteiger partial charge is 0.353 e. The molecular formula is C18H25FN2O. The van der Waals surface area contributed by atoms with Gasteiger partial charge in [0.2, 0.25) is 5.91 Å². The number of likely N-dealkylation sites (tertiary alicyclic amines) is 1. The topological polar surface area (TPSA) is 32.3 Å². The number of hydrogen-bond donors (Lipinski definition) is 1. The van der Waals surface area contributed by atoms with E-state index in [4.69, 9.17) is 0 Å². The van der Waals surface area contributed by atoms with Gasteiger partial charge >= 0.3 is 0 Å². The predicted molar refractivity (Wildman–Crippen MR) is 85.0 cm³/mol. The number of piperidine rings is 1. The second-order valence-electron chi connectivity index (χ2n) is 6.95. The SMILES string of the molecule is CN1CCC(Cc2ccccc2F)(C(=O)NC2CCC2)CC1. The molecule has 2 fully saturated rings. The predicted octanol–water partition coefficient (Wildman–Crippen LogP) is 2.75. The molecule has 3 rings (SSSR count). The Balaban J connectivity index is 1.79. The van der Waals surface area contributed by atoms with E-state index in [0.29, 0.717) is 18.0 Å². The first-order valence-electron chi connectivity index (χ1n) is 8.32. The Kier molecular flexibility index (Phi) is 4.48. The summed E-state index contributed by atoms with van der Waals surface area (Å²) in [5, 5.41) is 3.20. The highest BCUT2D eigenvalue weighted by atomic mass is 19.1. The number of carbonyl (C=O) groups is 1. The lowest BCUT2D eigenvalue weighted by Gasteiger charge is -2.41. The molecule has 1 amide bonds. The van der Waals surface area contributed by atoms with Gasteiger partial charge in [-0.25, -0.2) is 4.39 Å². The van der Waals surface area contributed by atoms with Crippen molar-refractivity contribution in [1.82, 2.24) is 10.2 Å². The van der Waals surface area contributed by atoms with Crippen molar-refractivity contribution in [1.29, 1.82) is 0 Å². The van der Waals surface area contributed by atoms with E-state index >= 15 is 0 Å². The fraction of sp³-hybridized carbons (Fsp3) is 0.611. The molecule has 0 spiro atoms. The molecule has 4 heteroatoms. The van der Waals surface area contributed by atoms with Gasteiger partial charge in [-0.2, -0.15) is 0 Å². The number of benzene rings is 1. The van der Waals surface area contributed by atoms with E-state index in [0.717, 1.165) is 38.8 Å². The molecule has 2 aliphatic rings. The lowest BCUT2D eigenvalue weighted by Crippen LogP contribution is -2.53. The van der Waals surface area contributed by atoms with Crippen LogP contribution in [0, 0.1) is 11.2 Å². The number of halogens is 1. The monoisotopic (exact) mass is 304 g/mol. The van der Waals surface area contributed by atoms with E-state index < -0.39 is 5.41 Å². The van der Waals surface area contributed by atoms with E-state index in [-0.39, 0.29) is 11.7 Å². The number of nitrogens with zero attached hydrogens (tertiary/aromatic N) is 1. The van der Waals surface area contributed by atoms with Gasteiger partial charge in [-0.3, -0.25) is 4.79 Å². The third kappa shape index (κ3) is 3.17. The molecule has 1 heterocycles. The summed E-state index contributed by atoms with van der Waals surface area (Å²) in [6.45, 7) is 1.79. The lowest BCUT2D eigenvalue weighted by molar-refractivity contribution is -0.135. The molecule has 0 atom stereocenters. The molecule has 1 saturated carbocycles. The van der Waals surface area contributed by atoms with Crippen molar-refractivity contribution in [2.24, 2.45) is 5.41 Å². The molecule has 1 N–H and O–H groups in total. The Morgan fingerprint density at radius 3 is 2.59 bits per heavy atom. The quantitative estimate of drug-likeness (QED) is 0.927. The zero-order chi connectivity index (χ0) is 15.6. The van der Waals surface area contributed by atoms with Crippen molar-refractivity contribution in [3.63, 3.8) is 0 Å². The van der Waals surface area contributed by atoms with E-state index in [1.54, 1.807) is 6.07 Å². The third-order valence-corrected chi connectivity index (χ3v) is 5.35. The van der Waals surface area contributed by atoms with Gasteiger partial charge in [0, 0.05) is 6.04 Å². The second kappa shape index (κ2) is 6.37. The first-order chi connectivity index (χ1) is 10.6. The standard InChI is InChI=1S/C18H25FN2O/c1-21-11-9-18(10-12-21,17(22)20-15-6-4-7-15)13-14-5-2-3-8-16(14)19/h2-3,5,8,15H,4,6-7,9-13H2,1H3,(H,20,22). The highest BCUT2D eigenvalue weighted by Gasteiger charge is 2.42. The minimum atomic E-state index is -0.454. The number of rotatable bonds is 4. The van der Waals surface area contributed by atoms with E-state index in [1.165, 1.54) is 12.5 Å². The van der Waals surface area contributed by atoms with Crippen molar-refractivity contribution < 1.29 is 9.18 Å². The summed E-state index contributed by atoms with van der Waals surface area (Å²) in [5.41, 5.74) is 0.209. The van der Waals surface area contributed by atoms with Crippen LogP contribution >= 0.6 is 0 Å². The molecule has 3 nitrogen and oxygen atoms in total.